The van der Waals surface area contributed by atoms with Gasteiger partial charge in [0.2, 0.25) is 0 Å². The lowest BCUT2D eigenvalue weighted by atomic mass is 10.1. The van der Waals surface area contributed by atoms with Crippen molar-refractivity contribution in [3.63, 3.8) is 0 Å². The maximum atomic E-state index is 13.6. The number of aryl methyl sites for hydroxylation is 1. The van der Waals surface area contributed by atoms with E-state index in [1.54, 1.807) is 16.8 Å². The first-order valence-corrected chi connectivity index (χ1v) is 9.52. The van der Waals surface area contributed by atoms with Gasteiger partial charge in [-0.15, -0.1) is 0 Å². The molecule has 0 atom stereocenters. The number of para-hydroxylation sites is 1. The van der Waals surface area contributed by atoms with E-state index in [0.29, 0.717) is 29.3 Å². The van der Waals surface area contributed by atoms with Crippen LogP contribution in [0.2, 0.25) is 0 Å². The second-order valence-corrected chi connectivity index (χ2v) is 7.10. The molecule has 3 heterocycles. The summed E-state index contributed by atoms with van der Waals surface area (Å²) in [5.41, 5.74) is 3.99. The fourth-order valence-electron chi connectivity index (χ4n) is 3.93. The molecule has 0 saturated carbocycles. The molecular formula is C23H19FN4O. The minimum Gasteiger partial charge on any atom is -0.308 e. The van der Waals surface area contributed by atoms with E-state index in [1.165, 1.54) is 17.7 Å². The minimum atomic E-state index is -0.315. The molecule has 0 aliphatic carbocycles. The Hall–Kier alpha value is -3.67. The van der Waals surface area contributed by atoms with E-state index in [1.807, 2.05) is 59.1 Å². The molecule has 0 fully saturated rings. The van der Waals surface area contributed by atoms with Gasteiger partial charge in [-0.2, -0.15) is 5.10 Å². The van der Waals surface area contributed by atoms with Crippen molar-refractivity contribution in [2.75, 3.05) is 11.4 Å². The second-order valence-electron chi connectivity index (χ2n) is 7.10. The Morgan fingerprint density at radius 3 is 2.48 bits per heavy atom. The summed E-state index contributed by atoms with van der Waals surface area (Å²) >= 11 is 0. The highest BCUT2D eigenvalue weighted by molar-refractivity contribution is 6.10. The van der Waals surface area contributed by atoms with Gasteiger partial charge in [0.25, 0.3) is 5.91 Å². The van der Waals surface area contributed by atoms with Gasteiger partial charge in [-0.25, -0.2) is 9.07 Å². The van der Waals surface area contributed by atoms with Crippen molar-refractivity contribution in [1.82, 2.24) is 14.3 Å². The summed E-state index contributed by atoms with van der Waals surface area (Å²) in [4.78, 5) is 15.5. The summed E-state index contributed by atoms with van der Waals surface area (Å²) in [7, 11) is 0. The van der Waals surface area contributed by atoms with Crippen LogP contribution in [0.3, 0.4) is 0 Å². The zero-order valence-corrected chi connectivity index (χ0v) is 15.9. The third-order valence-corrected chi connectivity index (χ3v) is 5.30. The highest BCUT2D eigenvalue weighted by Crippen LogP contribution is 2.32. The van der Waals surface area contributed by atoms with Gasteiger partial charge >= 0.3 is 0 Å². The molecule has 1 amide bonds. The largest absolute Gasteiger partial charge is 0.308 e. The standard InChI is InChI=1S/C23H19FN4O/c1-16-21(23(29)27-15-12-17-6-2-3-7-20(17)27)22(26-13-4-5-14-26)28(25-16)19-10-8-18(24)9-11-19/h2-11,13-14H,12,15H2,1H3. The molecule has 1 aliphatic rings. The molecule has 2 aromatic carbocycles. The molecule has 5 rings (SSSR count). The molecule has 0 bridgehead atoms. The van der Waals surface area contributed by atoms with Crippen molar-refractivity contribution in [1.29, 1.82) is 0 Å². The number of benzene rings is 2. The monoisotopic (exact) mass is 386 g/mol. The van der Waals surface area contributed by atoms with Gasteiger partial charge in [0, 0.05) is 24.6 Å². The molecule has 4 aromatic rings. The first-order valence-electron chi connectivity index (χ1n) is 9.52. The molecule has 0 saturated heterocycles. The van der Waals surface area contributed by atoms with Crippen LogP contribution in [-0.2, 0) is 6.42 Å². The predicted molar refractivity (Wildman–Crippen MR) is 109 cm³/mol. The number of aromatic nitrogens is 3. The van der Waals surface area contributed by atoms with Crippen LogP contribution in [0.1, 0.15) is 21.6 Å². The van der Waals surface area contributed by atoms with E-state index < -0.39 is 0 Å². The van der Waals surface area contributed by atoms with Gasteiger partial charge in [0.1, 0.15) is 11.4 Å². The van der Waals surface area contributed by atoms with E-state index in [-0.39, 0.29) is 11.7 Å². The number of carbonyl (C=O) groups excluding carboxylic acids is 1. The normalized spacial score (nSPS) is 13.0. The Morgan fingerprint density at radius 1 is 1.00 bits per heavy atom. The number of fused-ring (bicyclic) bond motifs is 1. The van der Waals surface area contributed by atoms with Crippen molar-refractivity contribution in [3.05, 3.63) is 95.7 Å². The van der Waals surface area contributed by atoms with Crippen LogP contribution in [-0.4, -0.2) is 26.8 Å². The Kier molecular flexibility index (Phi) is 4.05. The summed E-state index contributed by atoms with van der Waals surface area (Å²) < 4.78 is 17.0. The van der Waals surface area contributed by atoms with Gasteiger partial charge in [-0.1, -0.05) is 18.2 Å². The lowest BCUT2D eigenvalue weighted by Crippen LogP contribution is -2.30. The maximum Gasteiger partial charge on any atom is 0.264 e. The molecule has 29 heavy (non-hydrogen) atoms. The molecule has 0 radical (unpaired) electrons. The lowest BCUT2D eigenvalue weighted by molar-refractivity contribution is 0.0989. The highest BCUT2D eigenvalue weighted by Gasteiger charge is 2.31. The van der Waals surface area contributed by atoms with Gasteiger partial charge in [0.15, 0.2) is 5.82 Å². The average Bonchev–Trinajstić information content (AvgIpc) is 3.46. The van der Waals surface area contributed by atoms with E-state index in [9.17, 15) is 9.18 Å². The molecule has 0 unspecified atom stereocenters. The first-order chi connectivity index (χ1) is 14.1. The molecule has 144 valence electrons. The van der Waals surface area contributed by atoms with Crippen molar-refractivity contribution in [2.45, 2.75) is 13.3 Å². The molecule has 6 heteroatoms. The summed E-state index contributed by atoms with van der Waals surface area (Å²) in [5.74, 6) is 0.253. The number of halogens is 1. The number of hydrogen-bond acceptors (Lipinski definition) is 2. The number of amides is 1. The van der Waals surface area contributed by atoms with Crippen LogP contribution in [0.5, 0.6) is 0 Å². The van der Waals surface area contributed by atoms with E-state index in [4.69, 9.17) is 0 Å². The fraction of sp³-hybridized carbons (Fsp3) is 0.130. The zero-order valence-electron chi connectivity index (χ0n) is 15.9. The number of nitrogens with zero attached hydrogens (tertiary/aromatic N) is 4. The average molecular weight is 386 g/mol. The predicted octanol–water partition coefficient (Wildman–Crippen LogP) is 4.31. The summed E-state index contributed by atoms with van der Waals surface area (Å²) in [6, 6.07) is 17.9. The Morgan fingerprint density at radius 2 is 1.72 bits per heavy atom. The van der Waals surface area contributed by atoms with Crippen molar-refractivity contribution in [3.8, 4) is 11.5 Å². The van der Waals surface area contributed by atoms with Crippen LogP contribution in [0.25, 0.3) is 11.5 Å². The number of rotatable bonds is 3. The smallest absolute Gasteiger partial charge is 0.264 e. The van der Waals surface area contributed by atoms with Crippen LogP contribution < -0.4 is 4.90 Å². The second kappa shape index (κ2) is 6.74. The number of hydrogen-bond donors (Lipinski definition) is 0. The molecule has 0 spiro atoms. The Balaban J connectivity index is 1.67. The molecule has 1 aliphatic heterocycles. The minimum absolute atomic E-state index is 0.0792. The number of carbonyl (C=O) groups is 1. The summed E-state index contributed by atoms with van der Waals surface area (Å²) in [6.07, 6.45) is 4.60. The molecular weight excluding hydrogens is 367 g/mol. The third kappa shape index (κ3) is 2.84. The van der Waals surface area contributed by atoms with E-state index in [0.717, 1.165) is 12.1 Å². The topological polar surface area (TPSA) is 43.1 Å². The molecule has 5 nitrogen and oxygen atoms in total. The SMILES string of the molecule is Cc1nn(-c2ccc(F)cc2)c(-n2cccc2)c1C(=O)N1CCc2ccccc21. The molecule has 2 aromatic heterocycles. The van der Waals surface area contributed by atoms with E-state index >= 15 is 0 Å². The van der Waals surface area contributed by atoms with Crippen LogP contribution in [0.4, 0.5) is 10.1 Å². The zero-order chi connectivity index (χ0) is 20.0. The Bertz CT molecular complexity index is 1190. The lowest BCUT2D eigenvalue weighted by Gasteiger charge is -2.18. The first kappa shape index (κ1) is 17.4. The molecule has 0 N–H and O–H groups in total. The maximum absolute atomic E-state index is 13.6. The van der Waals surface area contributed by atoms with Crippen molar-refractivity contribution < 1.29 is 9.18 Å². The third-order valence-electron chi connectivity index (χ3n) is 5.30. The van der Waals surface area contributed by atoms with Gasteiger partial charge in [-0.05, 0) is 61.4 Å². The van der Waals surface area contributed by atoms with Crippen LogP contribution in [0, 0.1) is 12.7 Å². The summed E-state index contributed by atoms with van der Waals surface area (Å²) in [6.45, 7) is 2.48. The van der Waals surface area contributed by atoms with Crippen molar-refractivity contribution in [2.24, 2.45) is 0 Å². The van der Waals surface area contributed by atoms with Crippen LogP contribution >= 0.6 is 0 Å². The van der Waals surface area contributed by atoms with E-state index in [2.05, 4.69) is 11.2 Å². The highest BCUT2D eigenvalue weighted by atomic mass is 19.1. The quantitative estimate of drug-likeness (QED) is 0.526. The van der Waals surface area contributed by atoms with Crippen molar-refractivity contribution >= 4 is 11.6 Å². The summed E-state index contributed by atoms with van der Waals surface area (Å²) in [5, 5.41) is 4.64. The fourth-order valence-corrected chi connectivity index (χ4v) is 3.93. The van der Waals surface area contributed by atoms with Crippen LogP contribution in [0.15, 0.2) is 73.1 Å². The Labute approximate surface area is 167 Å². The van der Waals surface area contributed by atoms with Gasteiger partial charge < -0.3 is 9.47 Å². The van der Waals surface area contributed by atoms with Gasteiger partial charge in [-0.3, -0.25) is 4.79 Å². The van der Waals surface area contributed by atoms with Gasteiger partial charge in [0.05, 0.1) is 11.4 Å². The number of anilines is 1.